The first-order chi connectivity index (χ1) is 12.5. The SMILES string of the molecule is COc1cccc(N2C(=O)C3N=NN(c4ccc(C)c(C)c4)C3C2=O)c1. The molecule has 4 rings (SSSR count). The average molecular weight is 350 g/mol. The summed E-state index contributed by atoms with van der Waals surface area (Å²) in [5.74, 6) is -0.132. The molecule has 132 valence electrons. The van der Waals surface area contributed by atoms with E-state index in [0.29, 0.717) is 11.4 Å². The third-order valence-corrected chi connectivity index (χ3v) is 4.85. The van der Waals surface area contributed by atoms with Gasteiger partial charge < -0.3 is 4.74 Å². The van der Waals surface area contributed by atoms with E-state index in [1.54, 1.807) is 24.3 Å². The van der Waals surface area contributed by atoms with Crippen LogP contribution in [0.4, 0.5) is 11.4 Å². The van der Waals surface area contributed by atoms with E-state index in [1.807, 2.05) is 32.0 Å². The molecule has 2 heterocycles. The lowest BCUT2D eigenvalue weighted by atomic mass is 10.1. The summed E-state index contributed by atoms with van der Waals surface area (Å²) >= 11 is 0. The fraction of sp³-hybridized carbons (Fsp3) is 0.263. The number of amides is 2. The first kappa shape index (κ1) is 16.3. The number of aryl methyl sites for hydroxylation is 2. The Hall–Kier alpha value is -3.22. The van der Waals surface area contributed by atoms with Crippen molar-refractivity contribution in [1.29, 1.82) is 0 Å². The van der Waals surface area contributed by atoms with Crippen LogP contribution in [0.5, 0.6) is 5.75 Å². The largest absolute Gasteiger partial charge is 0.497 e. The molecule has 0 aliphatic carbocycles. The van der Waals surface area contributed by atoms with Crippen LogP contribution < -0.4 is 14.6 Å². The maximum absolute atomic E-state index is 13.0. The van der Waals surface area contributed by atoms with Crippen LogP contribution in [-0.4, -0.2) is 31.0 Å². The van der Waals surface area contributed by atoms with Crippen molar-refractivity contribution >= 4 is 23.2 Å². The molecule has 0 bridgehead atoms. The van der Waals surface area contributed by atoms with Gasteiger partial charge in [0.1, 0.15) is 5.75 Å². The summed E-state index contributed by atoms with van der Waals surface area (Å²) in [6, 6.07) is 11.1. The second-order valence-corrected chi connectivity index (χ2v) is 6.42. The number of imide groups is 1. The van der Waals surface area contributed by atoms with Gasteiger partial charge in [-0.3, -0.25) is 9.59 Å². The quantitative estimate of drug-likeness (QED) is 0.798. The van der Waals surface area contributed by atoms with Gasteiger partial charge >= 0.3 is 0 Å². The minimum atomic E-state index is -0.824. The van der Waals surface area contributed by atoms with E-state index in [-0.39, 0.29) is 11.8 Å². The molecule has 0 spiro atoms. The van der Waals surface area contributed by atoms with Crippen LogP contribution in [0.25, 0.3) is 0 Å². The van der Waals surface area contributed by atoms with Crippen LogP contribution in [-0.2, 0) is 9.59 Å². The Kier molecular flexibility index (Phi) is 3.72. The molecule has 2 atom stereocenters. The molecule has 26 heavy (non-hydrogen) atoms. The van der Waals surface area contributed by atoms with E-state index in [4.69, 9.17) is 4.74 Å². The third kappa shape index (κ3) is 2.35. The van der Waals surface area contributed by atoms with Crippen LogP contribution >= 0.6 is 0 Å². The maximum Gasteiger partial charge on any atom is 0.263 e. The van der Waals surface area contributed by atoms with Crippen molar-refractivity contribution in [2.45, 2.75) is 25.9 Å². The highest BCUT2D eigenvalue weighted by Gasteiger charge is 2.55. The number of benzene rings is 2. The number of carbonyl (C=O) groups is 2. The molecule has 2 aromatic carbocycles. The van der Waals surface area contributed by atoms with Crippen molar-refractivity contribution in [2.24, 2.45) is 10.3 Å². The lowest BCUT2D eigenvalue weighted by Crippen LogP contribution is -2.40. The van der Waals surface area contributed by atoms with Crippen LogP contribution in [0.2, 0.25) is 0 Å². The molecule has 0 N–H and O–H groups in total. The van der Waals surface area contributed by atoms with E-state index in [9.17, 15) is 9.59 Å². The van der Waals surface area contributed by atoms with Crippen LogP contribution in [0.15, 0.2) is 52.8 Å². The Labute approximate surface area is 150 Å². The predicted octanol–water partition coefficient (Wildman–Crippen LogP) is 2.81. The number of rotatable bonds is 3. The molecule has 2 amide bonds. The minimum Gasteiger partial charge on any atom is -0.497 e. The topological polar surface area (TPSA) is 74.6 Å². The monoisotopic (exact) mass is 350 g/mol. The molecular formula is C19H18N4O3. The maximum atomic E-state index is 13.0. The zero-order chi connectivity index (χ0) is 18.4. The molecule has 2 unspecified atom stereocenters. The van der Waals surface area contributed by atoms with Gasteiger partial charge in [0.15, 0.2) is 12.1 Å². The van der Waals surface area contributed by atoms with Crippen molar-refractivity contribution in [3.8, 4) is 5.75 Å². The van der Waals surface area contributed by atoms with Gasteiger partial charge in [-0.2, -0.15) is 5.11 Å². The van der Waals surface area contributed by atoms with Gasteiger partial charge in [-0.05, 0) is 49.2 Å². The predicted molar refractivity (Wildman–Crippen MR) is 96.3 cm³/mol. The molecule has 0 saturated carbocycles. The molecule has 2 aliphatic rings. The van der Waals surface area contributed by atoms with Crippen molar-refractivity contribution in [3.63, 3.8) is 0 Å². The number of ether oxygens (including phenoxy) is 1. The minimum absolute atomic E-state index is 0.337. The Morgan fingerprint density at radius 2 is 1.77 bits per heavy atom. The summed E-state index contributed by atoms with van der Waals surface area (Å²) < 4.78 is 5.19. The summed E-state index contributed by atoms with van der Waals surface area (Å²) in [5.41, 5.74) is 3.46. The number of hydrogen-bond acceptors (Lipinski definition) is 6. The fourth-order valence-electron chi connectivity index (χ4n) is 3.25. The highest BCUT2D eigenvalue weighted by molar-refractivity contribution is 6.26. The number of hydrogen-bond donors (Lipinski definition) is 0. The van der Waals surface area contributed by atoms with Gasteiger partial charge in [0.25, 0.3) is 11.8 Å². The third-order valence-electron chi connectivity index (χ3n) is 4.85. The number of carbonyl (C=O) groups excluding carboxylic acids is 2. The lowest BCUT2D eigenvalue weighted by molar-refractivity contribution is -0.121. The van der Waals surface area contributed by atoms with Gasteiger partial charge in [-0.1, -0.05) is 17.4 Å². The van der Waals surface area contributed by atoms with Gasteiger partial charge in [0.2, 0.25) is 0 Å². The van der Waals surface area contributed by atoms with E-state index in [1.165, 1.54) is 17.0 Å². The molecule has 7 nitrogen and oxygen atoms in total. The van der Waals surface area contributed by atoms with Crippen LogP contribution in [0.1, 0.15) is 11.1 Å². The molecule has 2 aliphatic heterocycles. The molecule has 0 aromatic heterocycles. The van der Waals surface area contributed by atoms with E-state index >= 15 is 0 Å². The Morgan fingerprint density at radius 3 is 2.50 bits per heavy atom. The smallest absolute Gasteiger partial charge is 0.263 e. The van der Waals surface area contributed by atoms with Gasteiger partial charge in [0, 0.05) is 6.07 Å². The fourth-order valence-corrected chi connectivity index (χ4v) is 3.25. The molecule has 1 saturated heterocycles. The number of nitrogens with zero attached hydrogens (tertiary/aromatic N) is 4. The number of methoxy groups -OCH3 is 1. The zero-order valence-electron chi connectivity index (χ0n) is 14.7. The molecular weight excluding hydrogens is 332 g/mol. The number of anilines is 2. The van der Waals surface area contributed by atoms with Gasteiger partial charge in [-0.15, -0.1) is 0 Å². The van der Waals surface area contributed by atoms with Crippen LogP contribution in [0, 0.1) is 13.8 Å². The summed E-state index contributed by atoms with van der Waals surface area (Å²) in [7, 11) is 1.54. The summed E-state index contributed by atoms with van der Waals surface area (Å²) in [4.78, 5) is 27.0. The zero-order valence-corrected chi connectivity index (χ0v) is 14.7. The number of fused-ring (bicyclic) bond motifs is 1. The normalized spacial score (nSPS) is 21.5. The molecule has 7 heteroatoms. The van der Waals surface area contributed by atoms with E-state index < -0.39 is 12.1 Å². The molecule has 0 radical (unpaired) electrons. The standard InChI is InChI=1S/C19H18N4O3/c1-11-7-8-14(9-12(11)2)23-17-16(20-21-23)18(24)22(19(17)25)13-5-4-6-15(10-13)26-3/h4-10,16-17H,1-3H3. The highest BCUT2D eigenvalue weighted by Crippen LogP contribution is 2.36. The van der Waals surface area contributed by atoms with Gasteiger partial charge in [0.05, 0.1) is 18.5 Å². The Balaban J connectivity index is 1.70. The van der Waals surface area contributed by atoms with Crippen molar-refractivity contribution in [2.75, 3.05) is 17.0 Å². The van der Waals surface area contributed by atoms with E-state index in [2.05, 4.69) is 10.3 Å². The first-order valence-electron chi connectivity index (χ1n) is 8.30. The van der Waals surface area contributed by atoms with Crippen molar-refractivity contribution in [3.05, 3.63) is 53.6 Å². The lowest BCUT2D eigenvalue weighted by Gasteiger charge is -2.21. The molecule has 1 fully saturated rings. The second kappa shape index (κ2) is 5.94. The Morgan fingerprint density at radius 1 is 0.962 bits per heavy atom. The highest BCUT2D eigenvalue weighted by atomic mass is 16.5. The van der Waals surface area contributed by atoms with Crippen molar-refractivity contribution < 1.29 is 14.3 Å². The Bertz CT molecular complexity index is 940. The summed E-state index contributed by atoms with van der Waals surface area (Å²) in [6.45, 7) is 4.01. The summed E-state index contributed by atoms with van der Waals surface area (Å²) in [5, 5.41) is 9.69. The first-order valence-corrected chi connectivity index (χ1v) is 8.30. The second-order valence-electron chi connectivity index (χ2n) is 6.42. The van der Waals surface area contributed by atoms with Gasteiger partial charge in [-0.25, -0.2) is 9.91 Å². The van der Waals surface area contributed by atoms with Crippen LogP contribution in [0.3, 0.4) is 0 Å². The molecule has 2 aromatic rings. The summed E-state index contributed by atoms with van der Waals surface area (Å²) in [6.07, 6.45) is 0. The van der Waals surface area contributed by atoms with E-state index in [0.717, 1.165) is 16.8 Å². The van der Waals surface area contributed by atoms with Crippen molar-refractivity contribution in [1.82, 2.24) is 0 Å². The average Bonchev–Trinajstić information content (AvgIpc) is 3.18.